The predicted molar refractivity (Wildman–Crippen MR) is 66.0 cm³/mol. The first-order valence-electron chi connectivity index (χ1n) is 5.57. The third-order valence-electron chi connectivity index (χ3n) is 1.89. The van der Waals surface area contributed by atoms with E-state index in [4.69, 9.17) is 9.47 Å². The Labute approximate surface area is 105 Å². The second kappa shape index (κ2) is 8.16. The molecule has 1 heterocycles. The molecule has 0 atom stereocenters. The highest BCUT2D eigenvalue weighted by Crippen LogP contribution is 2.07. The number of aromatic nitrogens is 1. The van der Waals surface area contributed by atoms with E-state index in [1.54, 1.807) is 18.3 Å². The fraction of sp³-hybridized carbons (Fsp3) is 0.636. The van der Waals surface area contributed by atoms with Gasteiger partial charge in [0.15, 0.2) is 0 Å². The number of ether oxygens (including phenoxy) is 2. The lowest BCUT2D eigenvalue weighted by molar-refractivity contribution is -0.148. The maximum absolute atomic E-state index is 10.9. The molecule has 0 aromatic carbocycles. The average molecular weight is 258 g/mol. The van der Waals surface area contributed by atoms with Gasteiger partial charge in [-0.25, -0.2) is 9.78 Å². The third kappa shape index (κ3) is 6.35. The molecule has 0 amide bonds. The molecule has 5 nitrogen and oxygen atoms in total. The Bertz CT molecular complexity index is 341. The Morgan fingerprint density at radius 2 is 2.41 bits per heavy atom. The van der Waals surface area contributed by atoms with Gasteiger partial charge in [0, 0.05) is 24.2 Å². The van der Waals surface area contributed by atoms with Crippen LogP contribution in [-0.2, 0) is 20.8 Å². The zero-order chi connectivity index (χ0) is 12.5. The molecule has 1 aromatic rings. The second-order valence-electron chi connectivity index (χ2n) is 3.42. The van der Waals surface area contributed by atoms with Gasteiger partial charge in [-0.05, 0) is 13.8 Å². The van der Waals surface area contributed by atoms with Crippen LogP contribution in [0.5, 0.6) is 0 Å². The standard InChI is InChI=1S/C11H18N2O3S/c1-3-16-11(14)7-15-5-4-12-6-10-13-9(2)8-17-10/h8,12H,3-7H2,1-2H3. The van der Waals surface area contributed by atoms with E-state index < -0.39 is 0 Å². The van der Waals surface area contributed by atoms with E-state index in [2.05, 4.69) is 10.3 Å². The predicted octanol–water partition coefficient (Wildman–Crippen LogP) is 1.12. The molecule has 0 saturated carbocycles. The minimum Gasteiger partial charge on any atom is -0.464 e. The van der Waals surface area contributed by atoms with Crippen molar-refractivity contribution >= 4 is 17.3 Å². The maximum atomic E-state index is 10.9. The van der Waals surface area contributed by atoms with Gasteiger partial charge < -0.3 is 14.8 Å². The summed E-state index contributed by atoms with van der Waals surface area (Å²) in [6.07, 6.45) is 0. The lowest BCUT2D eigenvalue weighted by Gasteiger charge is -2.04. The Kier molecular flexibility index (Phi) is 6.76. The molecule has 1 aromatic heterocycles. The normalized spacial score (nSPS) is 10.5. The summed E-state index contributed by atoms with van der Waals surface area (Å²) >= 11 is 1.64. The van der Waals surface area contributed by atoms with Crippen LogP contribution in [0.15, 0.2) is 5.38 Å². The summed E-state index contributed by atoms with van der Waals surface area (Å²) in [4.78, 5) is 15.2. The fourth-order valence-corrected chi connectivity index (χ4v) is 1.92. The first-order chi connectivity index (χ1) is 8.22. The van der Waals surface area contributed by atoms with Crippen molar-refractivity contribution in [3.63, 3.8) is 0 Å². The summed E-state index contributed by atoms with van der Waals surface area (Å²) < 4.78 is 9.86. The number of thiazole rings is 1. The largest absolute Gasteiger partial charge is 0.464 e. The third-order valence-corrected chi connectivity index (χ3v) is 2.86. The SMILES string of the molecule is CCOC(=O)COCCNCc1nc(C)cs1. The molecule has 1 N–H and O–H groups in total. The van der Waals surface area contributed by atoms with Gasteiger partial charge in [-0.1, -0.05) is 0 Å². The molecule has 6 heteroatoms. The average Bonchev–Trinajstić information content (AvgIpc) is 2.70. The van der Waals surface area contributed by atoms with Gasteiger partial charge in [-0.3, -0.25) is 0 Å². The highest BCUT2D eigenvalue weighted by molar-refractivity contribution is 7.09. The van der Waals surface area contributed by atoms with Gasteiger partial charge in [-0.2, -0.15) is 0 Å². The Morgan fingerprint density at radius 1 is 1.59 bits per heavy atom. The quantitative estimate of drug-likeness (QED) is 0.559. The minimum atomic E-state index is -0.317. The van der Waals surface area contributed by atoms with Crippen molar-refractivity contribution in [2.24, 2.45) is 0 Å². The van der Waals surface area contributed by atoms with Gasteiger partial charge >= 0.3 is 5.97 Å². The van der Waals surface area contributed by atoms with Crippen molar-refractivity contribution < 1.29 is 14.3 Å². The molecular formula is C11H18N2O3S. The monoisotopic (exact) mass is 258 g/mol. The molecule has 0 bridgehead atoms. The first-order valence-corrected chi connectivity index (χ1v) is 6.45. The van der Waals surface area contributed by atoms with Crippen LogP contribution in [0, 0.1) is 6.92 Å². The highest BCUT2D eigenvalue weighted by atomic mass is 32.1. The van der Waals surface area contributed by atoms with Gasteiger partial charge in [0.2, 0.25) is 0 Å². The summed E-state index contributed by atoms with van der Waals surface area (Å²) in [5, 5.41) is 6.28. The van der Waals surface area contributed by atoms with Crippen molar-refractivity contribution in [3.8, 4) is 0 Å². The number of nitrogens with zero attached hydrogens (tertiary/aromatic N) is 1. The minimum absolute atomic E-state index is 0.0197. The maximum Gasteiger partial charge on any atom is 0.332 e. The summed E-state index contributed by atoms with van der Waals surface area (Å²) in [7, 11) is 0. The second-order valence-corrected chi connectivity index (χ2v) is 4.36. The summed E-state index contributed by atoms with van der Waals surface area (Å²) in [6, 6.07) is 0. The first kappa shape index (κ1) is 14.1. The zero-order valence-electron chi connectivity index (χ0n) is 10.2. The molecule has 0 aliphatic carbocycles. The van der Waals surface area contributed by atoms with E-state index in [0.29, 0.717) is 19.8 Å². The van der Waals surface area contributed by atoms with Gasteiger partial charge in [-0.15, -0.1) is 11.3 Å². The molecule has 0 spiro atoms. The van der Waals surface area contributed by atoms with E-state index >= 15 is 0 Å². The number of carbonyl (C=O) groups excluding carboxylic acids is 1. The van der Waals surface area contributed by atoms with Gasteiger partial charge in [0.25, 0.3) is 0 Å². The van der Waals surface area contributed by atoms with E-state index in [9.17, 15) is 4.79 Å². The number of esters is 1. The van der Waals surface area contributed by atoms with Crippen molar-refractivity contribution in [3.05, 3.63) is 16.1 Å². The Morgan fingerprint density at radius 3 is 3.06 bits per heavy atom. The number of hydrogen-bond acceptors (Lipinski definition) is 6. The Hall–Kier alpha value is -0.980. The van der Waals surface area contributed by atoms with E-state index in [1.807, 2.05) is 12.3 Å². The van der Waals surface area contributed by atoms with Crippen molar-refractivity contribution in [1.29, 1.82) is 0 Å². The molecule has 17 heavy (non-hydrogen) atoms. The molecule has 0 saturated heterocycles. The molecule has 1 rings (SSSR count). The lowest BCUT2D eigenvalue weighted by atomic mass is 10.5. The van der Waals surface area contributed by atoms with E-state index in [-0.39, 0.29) is 12.6 Å². The van der Waals surface area contributed by atoms with Crippen LogP contribution in [0.3, 0.4) is 0 Å². The number of hydrogen-bond donors (Lipinski definition) is 1. The molecule has 96 valence electrons. The van der Waals surface area contributed by atoms with Crippen LogP contribution in [-0.4, -0.2) is 37.3 Å². The lowest BCUT2D eigenvalue weighted by Crippen LogP contribution is -2.21. The van der Waals surface area contributed by atoms with E-state index in [0.717, 1.165) is 17.2 Å². The van der Waals surface area contributed by atoms with Gasteiger partial charge in [0.05, 0.1) is 13.2 Å². The van der Waals surface area contributed by atoms with Crippen molar-refractivity contribution in [2.75, 3.05) is 26.4 Å². The van der Waals surface area contributed by atoms with Gasteiger partial charge in [0.1, 0.15) is 11.6 Å². The number of carbonyl (C=O) groups is 1. The number of aryl methyl sites for hydroxylation is 1. The van der Waals surface area contributed by atoms with Crippen LogP contribution < -0.4 is 5.32 Å². The smallest absolute Gasteiger partial charge is 0.332 e. The molecule has 0 unspecified atom stereocenters. The number of nitrogens with one attached hydrogen (secondary N) is 1. The highest BCUT2D eigenvalue weighted by Gasteiger charge is 2.01. The number of rotatable bonds is 8. The summed E-state index contributed by atoms with van der Waals surface area (Å²) in [5.41, 5.74) is 1.05. The summed E-state index contributed by atoms with van der Waals surface area (Å²) in [5.74, 6) is -0.317. The van der Waals surface area contributed by atoms with Crippen LogP contribution in [0.1, 0.15) is 17.6 Å². The summed E-state index contributed by atoms with van der Waals surface area (Å²) in [6.45, 7) is 6.08. The topological polar surface area (TPSA) is 60.5 Å². The fourth-order valence-electron chi connectivity index (χ4n) is 1.18. The molecule has 0 fully saturated rings. The zero-order valence-corrected chi connectivity index (χ0v) is 11.0. The molecule has 0 aliphatic heterocycles. The van der Waals surface area contributed by atoms with Crippen molar-refractivity contribution in [2.45, 2.75) is 20.4 Å². The molecular weight excluding hydrogens is 240 g/mol. The van der Waals surface area contributed by atoms with Crippen molar-refractivity contribution in [1.82, 2.24) is 10.3 Å². The van der Waals surface area contributed by atoms with E-state index in [1.165, 1.54) is 0 Å². The Balaban J connectivity index is 1.96. The van der Waals surface area contributed by atoms with Crippen LogP contribution >= 0.6 is 11.3 Å². The van der Waals surface area contributed by atoms with Crippen LogP contribution in [0.2, 0.25) is 0 Å². The van der Waals surface area contributed by atoms with Crippen LogP contribution in [0.4, 0.5) is 0 Å². The van der Waals surface area contributed by atoms with Crippen LogP contribution in [0.25, 0.3) is 0 Å². The molecule has 0 aliphatic rings. The molecule has 0 radical (unpaired) electrons.